The van der Waals surface area contributed by atoms with Gasteiger partial charge in [-0.2, -0.15) is 0 Å². The fourth-order valence-corrected chi connectivity index (χ4v) is 3.94. The van der Waals surface area contributed by atoms with Crippen molar-refractivity contribution >= 4 is 16.8 Å². The molecule has 1 unspecified atom stereocenters. The summed E-state index contributed by atoms with van der Waals surface area (Å²) >= 11 is 0. The minimum absolute atomic E-state index is 0.0511. The molecule has 1 aliphatic rings. The Labute approximate surface area is 142 Å². The highest BCUT2D eigenvalue weighted by molar-refractivity contribution is 6.01. The highest BCUT2D eigenvalue weighted by Gasteiger charge is 2.44. The van der Waals surface area contributed by atoms with Crippen molar-refractivity contribution in [2.45, 2.75) is 39.3 Å². The smallest absolute Gasteiger partial charge is 0.255 e. The maximum atomic E-state index is 13.1. The van der Waals surface area contributed by atoms with Crippen molar-refractivity contribution in [3.05, 3.63) is 70.9 Å². The number of fused-ring (bicyclic) bond motifs is 2. The zero-order valence-corrected chi connectivity index (χ0v) is 14.6. The van der Waals surface area contributed by atoms with Crippen molar-refractivity contribution in [3.8, 4) is 0 Å². The third-order valence-corrected chi connectivity index (χ3v) is 4.90. The van der Waals surface area contributed by atoms with E-state index in [1.165, 1.54) is 10.9 Å². The summed E-state index contributed by atoms with van der Waals surface area (Å²) in [4.78, 5) is 18.6. The summed E-state index contributed by atoms with van der Waals surface area (Å²) in [6.45, 7) is 8.41. The van der Waals surface area contributed by atoms with E-state index in [9.17, 15) is 4.79 Å². The van der Waals surface area contributed by atoms with Crippen LogP contribution in [0.25, 0.3) is 10.9 Å². The van der Waals surface area contributed by atoms with Crippen LogP contribution in [0.5, 0.6) is 0 Å². The van der Waals surface area contributed by atoms with Gasteiger partial charge in [0.25, 0.3) is 5.91 Å². The van der Waals surface area contributed by atoms with E-state index in [1.807, 2.05) is 29.2 Å². The molecule has 0 radical (unpaired) electrons. The first-order chi connectivity index (χ1) is 11.4. The van der Waals surface area contributed by atoms with Crippen molar-refractivity contribution < 1.29 is 4.79 Å². The summed E-state index contributed by atoms with van der Waals surface area (Å²) in [5.74, 6) is 0.118. The number of aromatic nitrogens is 1. The summed E-state index contributed by atoms with van der Waals surface area (Å²) < 4.78 is 0. The van der Waals surface area contributed by atoms with Crippen LogP contribution in [-0.2, 0) is 0 Å². The predicted octanol–water partition coefficient (Wildman–Crippen LogP) is 4.82. The number of aromatic amines is 1. The normalized spacial score (nSPS) is 17.6. The number of nitrogens with zero attached hydrogens (tertiary/aromatic N) is 1. The van der Waals surface area contributed by atoms with E-state index in [2.05, 4.69) is 56.9 Å². The monoisotopic (exact) mass is 318 g/mol. The van der Waals surface area contributed by atoms with Gasteiger partial charge in [0.05, 0.1) is 6.04 Å². The van der Waals surface area contributed by atoms with Gasteiger partial charge in [-0.1, -0.05) is 36.4 Å². The molecule has 0 aliphatic carbocycles. The lowest BCUT2D eigenvalue weighted by Gasteiger charge is -2.37. The topological polar surface area (TPSA) is 36.1 Å². The lowest BCUT2D eigenvalue weighted by atomic mass is 9.93. The molecule has 122 valence electrons. The van der Waals surface area contributed by atoms with Gasteiger partial charge in [-0.05, 0) is 45.4 Å². The molecule has 0 bridgehead atoms. The number of rotatable bonds is 1. The predicted molar refractivity (Wildman–Crippen MR) is 97.2 cm³/mol. The molecule has 1 N–H and O–H groups in total. The minimum atomic E-state index is -0.258. The van der Waals surface area contributed by atoms with Crippen LogP contribution in [0, 0.1) is 6.92 Å². The molecule has 1 aliphatic heterocycles. The number of hydrogen-bond donors (Lipinski definition) is 1. The summed E-state index contributed by atoms with van der Waals surface area (Å²) in [6, 6.07) is 16.3. The average Bonchev–Trinajstić information content (AvgIpc) is 3.01. The summed E-state index contributed by atoms with van der Waals surface area (Å²) in [5, 5.41) is 1.19. The van der Waals surface area contributed by atoms with Crippen LogP contribution < -0.4 is 0 Å². The van der Waals surface area contributed by atoms with E-state index in [4.69, 9.17) is 0 Å². The molecule has 3 heteroatoms. The van der Waals surface area contributed by atoms with Crippen LogP contribution in [0.2, 0.25) is 0 Å². The molecular weight excluding hydrogens is 296 g/mol. The van der Waals surface area contributed by atoms with Gasteiger partial charge in [-0.25, -0.2) is 0 Å². The van der Waals surface area contributed by atoms with Crippen molar-refractivity contribution in [2.75, 3.05) is 0 Å². The second-order valence-electron chi connectivity index (χ2n) is 7.55. The Balaban J connectivity index is 2.03. The number of amides is 1. The lowest BCUT2D eigenvalue weighted by Crippen LogP contribution is -2.44. The maximum Gasteiger partial charge on any atom is 0.255 e. The fraction of sp³-hybridized carbons (Fsp3) is 0.286. The number of H-pyrrole nitrogens is 1. The number of carbonyl (C=O) groups excluding carboxylic acids is 1. The van der Waals surface area contributed by atoms with E-state index in [0.717, 1.165) is 22.3 Å². The standard InChI is InChI=1S/C21H22N2O/c1-13-18(16-11-7-8-12-17(16)22-13)19-14-9-5-6-10-15(14)20(24)23(19)21(2,3)4/h5-12,19,22H,1-4H3. The molecule has 3 nitrogen and oxygen atoms in total. The van der Waals surface area contributed by atoms with Crippen LogP contribution in [0.15, 0.2) is 48.5 Å². The Morgan fingerprint density at radius 2 is 1.67 bits per heavy atom. The molecule has 1 atom stereocenters. The average molecular weight is 318 g/mol. The molecule has 24 heavy (non-hydrogen) atoms. The molecule has 3 aromatic rings. The SMILES string of the molecule is Cc1[nH]c2ccccc2c1C1c2ccccc2C(=O)N1C(C)(C)C. The molecule has 1 amide bonds. The fourth-order valence-electron chi connectivity index (χ4n) is 3.94. The highest BCUT2D eigenvalue weighted by Crippen LogP contribution is 2.45. The van der Waals surface area contributed by atoms with Crippen LogP contribution >= 0.6 is 0 Å². The number of aryl methyl sites for hydroxylation is 1. The van der Waals surface area contributed by atoms with Crippen LogP contribution in [0.4, 0.5) is 0 Å². The van der Waals surface area contributed by atoms with E-state index in [0.29, 0.717) is 0 Å². The van der Waals surface area contributed by atoms with Crippen LogP contribution in [0.1, 0.15) is 54.0 Å². The number of nitrogens with one attached hydrogen (secondary N) is 1. The third-order valence-electron chi connectivity index (χ3n) is 4.90. The molecule has 2 heterocycles. The van der Waals surface area contributed by atoms with E-state index < -0.39 is 0 Å². The number of carbonyl (C=O) groups is 1. The summed E-state index contributed by atoms with van der Waals surface area (Å²) in [6.07, 6.45) is 0. The Hall–Kier alpha value is -2.55. The molecular formula is C21H22N2O. The zero-order chi connectivity index (χ0) is 17.1. The molecule has 0 spiro atoms. The lowest BCUT2D eigenvalue weighted by molar-refractivity contribution is 0.0553. The first kappa shape index (κ1) is 15.0. The van der Waals surface area contributed by atoms with Gasteiger partial charge >= 0.3 is 0 Å². The molecule has 1 aromatic heterocycles. The van der Waals surface area contributed by atoms with E-state index >= 15 is 0 Å². The van der Waals surface area contributed by atoms with Gasteiger partial charge < -0.3 is 9.88 Å². The Kier molecular flexibility index (Phi) is 3.11. The van der Waals surface area contributed by atoms with Gasteiger partial charge in [-0.15, -0.1) is 0 Å². The van der Waals surface area contributed by atoms with Crippen LogP contribution in [-0.4, -0.2) is 21.3 Å². The molecule has 0 saturated carbocycles. The number of benzene rings is 2. The highest BCUT2D eigenvalue weighted by atomic mass is 16.2. The quantitative estimate of drug-likeness (QED) is 0.686. The van der Waals surface area contributed by atoms with Gasteiger partial charge in [0, 0.05) is 33.3 Å². The van der Waals surface area contributed by atoms with Gasteiger partial charge in [0.1, 0.15) is 0 Å². The van der Waals surface area contributed by atoms with Gasteiger partial charge in [-0.3, -0.25) is 4.79 Å². The van der Waals surface area contributed by atoms with Gasteiger partial charge in [0.15, 0.2) is 0 Å². The molecule has 0 fully saturated rings. The van der Waals surface area contributed by atoms with Gasteiger partial charge in [0.2, 0.25) is 0 Å². The molecule has 0 saturated heterocycles. The second-order valence-corrected chi connectivity index (χ2v) is 7.55. The maximum absolute atomic E-state index is 13.1. The third kappa shape index (κ3) is 2.01. The molecule has 2 aromatic carbocycles. The summed E-state index contributed by atoms with van der Waals surface area (Å²) in [7, 11) is 0. The second kappa shape index (κ2) is 4.97. The zero-order valence-electron chi connectivity index (χ0n) is 14.6. The number of hydrogen-bond acceptors (Lipinski definition) is 1. The Bertz CT molecular complexity index is 946. The van der Waals surface area contributed by atoms with Crippen molar-refractivity contribution in [2.24, 2.45) is 0 Å². The van der Waals surface area contributed by atoms with E-state index in [-0.39, 0.29) is 17.5 Å². The molecule has 4 rings (SSSR count). The van der Waals surface area contributed by atoms with Crippen molar-refractivity contribution in [1.82, 2.24) is 9.88 Å². The van der Waals surface area contributed by atoms with Crippen LogP contribution in [0.3, 0.4) is 0 Å². The summed E-state index contributed by atoms with van der Waals surface area (Å²) in [5.41, 5.74) is 5.12. The first-order valence-electron chi connectivity index (χ1n) is 8.39. The Morgan fingerprint density at radius 1 is 1.00 bits per heavy atom. The van der Waals surface area contributed by atoms with Crippen molar-refractivity contribution in [3.63, 3.8) is 0 Å². The van der Waals surface area contributed by atoms with Crippen molar-refractivity contribution in [1.29, 1.82) is 0 Å². The van der Waals surface area contributed by atoms with E-state index in [1.54, 1.807) is 0 Å². The Morgan fingerprint density at radius 3 is 2.42 bits per heavy atom. The first-order valence-corrected chi connectivity index (χ1v) is 8.39. The largest absolute Gasteiger partial charge is 0.358 e. The number of para-hydroxylation sites is 1. The minimum Gasteiger partial charge on any atom is -0.358 e.